The SMILES string of the molecule is C/C=C/OCCC1CS1(=O)=O. The van der Waals surface area contributed by atoms with Gasteiger partial charge in [-0.15, -0.1) is 0 Å². The Morgan fingerprint density at radius 1 is 1.64 bits per heavy atom. The molecule has 64 valence electrons. The van der Waals surface area contributed by atoms with Crippen molar-refractivity contribution in [1.29, 1.82) is 0 Å². The molecule has 1 aliphatic rings. The van der Waals surface area contributed by atoms with E-state index in [0.717, 1.165) is 0 Å². The molecule has 0 amide bonds. The lowest BCUT2D eigenvalue weighted by atomic mass is 10.4. The maximum Gasteiger partial charge on any atom is 0.155 e. The van der Waals surface area contributed by atoms with Gasteiger partial charge in [-0.1, -0.05) is 6.08 Å². The Labute approximate surface area is 67.0 Å². The van der Waals surface area contributed by atoms with E-state index in [1.807, 2.05) is 6.92 Å². The standard InChI is InChI=1S/C7H12O3S/c1-2-4-10-5-3-7-6-11(7,8)9/h2,4,7H,3,5-6H2,1H3/b4-2+. The first-order valence-corrected chi connectivity index (χ1v) is 5.32. The summed E-state index contributed by atoms with van der Waals surface area (Å²) in [5, 5.41) is -0.118. The van der Waals surface area contributed by atoms with Gasteiger partial charge in [-0.2, -0.15) is 0 Å². The predicted molar refractivity (Wildman–Crippen MR) is 43.0 cm³/mol. The van der Waals surface area contributed by atoms with Crippen LogP contribution in [0.15, 0.2) is 12.3 Å². The Hall–Kier alpha value is -0.510. The molecule has 0 N–H and O–H groups in total. The summed E-state index contributed by atoms with van der Waals surface area (Å²) in [6.07, 6.45) is 3.99. The molecule has 4 heteroatoms. The topological polar surface area (TPSA) is 43.4 Å². The van der Waals surface area contributed by atoms with Crippen LogP contribution in [-0.4, -0.2) is 26.0 Å². The zero-order chi connectivity index (χ0) is 8.32. The Kier molecular flexibility index (Phi) is 2.54. The van der Waals surface area contributed by atoms with E-state index in [-0.39, 0.29) is 5.25 Å². The van der Waals surface area contributed by atoms with Crippen molar-refractivity contribution in [3.63, 3.8) is 0 Å². The van der Waals surface area contributed by atoms with Gasteiger partial charge in [-0.3, -0.25) is 0 Å². The summed E-state index contributed by atoms with van der Waals surface area (Å²) in [7, 11) is -2.65. The lowest BCUT2D eigenvalue weighted by molar-refractivity contribution is 0.246. The zero-order valence-corrected chi connectivity index (χ0v) is 7.30. The molecule has 0 aliphatic carbocycles. The third-order valence-corrected chi connectivity index (χ3v) is 3.46. The fourth-order valence-corrected chi connectivity index (χ4v) is 2.24. The van der Waals surface area contributed by atoms with E-state index in [4.69, 9.17) is 4.74 Å². The van der Waals surface area contributed by atoms with Crippen LogP contribution < -0.4 is 0 Å². The Morgan fingerprint density at radius 3 is 2.73 bits per heavy atom. The number of rotatable bonds is 4. The summed E-state index contributed by atoms with van der Waals surface area (Å²) in [6, 6.07) is 0. The molecule has 0 aromatic heterocycles. The smallest absolute Gasteiger partial charge is 0.155 e. The van der Waals surface area contributed by atoms with Crippen LogP contribution in [0.3, 0.4) is 0 Å². The molecule has 0 aromatic rings. The summed E-state index contributed by atoms with van der Waals surface area (Å²) in [4.78, 5) is 0. The third-order valence-electron chi connectivity index (χ3n) is 1.60. The first kappa shape index (κ1) is 8.59. The predicted octanol–water partition coefficient (Wildman–Crippen LogP) is 0.724. The van der Waals surface area contributed by atoms with Gasteiger partial charge in [0.15, 0.2) is 9.84 Å². The molecule has 1 unspecified atom stereocenters. The van der Waals surface area contributed by atoms with Crippen LogP contribution in [0.25, 0.3) is 0 Å². The molecule has 0 aromatic carbocycles. The second-order valence-electron chi connectivity index (χ2n) is 2.58. The maximum absolute atomic E-state index is 10.7. The molecule has 0 radical (unpaired) electrons. The lowest BCUT2D eigenvalue weighted by Gasteiger charge is -1.95. The van der Waals surface area contributed by atoms with Crippen molar-refractivity contribution in [3.05, 3.63) is 12.3 Å². The molecule has 1 saturated heterocycles. The highest BCUT2D eigenvalue weighted by Gasteiger charge is 2.42. The summed E-state index contributed by atoms with van der Waals surface area (Å²) in [6.45, 7) is 2.36. The fourth-order valence-electron chi connectivity index (χ4n) is 0.846. The van der Waals surface area contributed by atoms with Crippen molar-refractivity contribution in [2.24, 2.45) is 0 Å². The molecule has 1 fully saturated rings. The monoisotopic (exact) mass is 176 g/mol. The van der Waals surface area contributed by atoms with Crippen molar-refractivity contribution in [2.75, 3.05) is 12.4 Å². The molecule has 11 heavy (non-hydrogen) atoms. The highest BCUT2D eigenvalue weighted by molar-refractivity contribution is 7.99. The second-order valence-corrected chi connectivity index (χ2v) is 4.91. The first-order valence-electron chi connectivity index (χ1n) is 3.61. The first-order chi connectivity index (χ1) is 5.17. The Bertz CT molecular complexity index is 240. The highest BCUT2D eigenvalue weighted by atomic mass is 32.2. The number of hydrogen-bond donors (Lipinski definition) is 0. The van der Waals surface area contributed by atoms with E-state index in [1.54, 1.807) is 12.3 Å². The van der Waals surface area contributed by atoms with E-state index in [2.05, 4.69) is 0 Å². The van der Waals surface area contributed by atoms with Gasteiger partial charge < -0.3 is 4.74 Å². The van der Waals surface area contributed by atoms with E-state index in [0.29, 0.717) is 18.8 Å². The van der Waals surface area contributed by atoms with E-state index < -0.39 is 9.84 Å². The number of allylic oxidation sites excluding steroid dienone is 1. The average Bonchev–Trinajstić information content (AvgIpc) is 2.52. The fraction of sp³-hybridized carbons (Fsp3) is 0.714. The van der Waals surface area contributed by atoms with Gasteiger partial charge in [0, 0.05) is 0 Å². The van der Waals surface area contributed by atoms with Crippen LogP contribution in [0.1, 0.15) is 13.3 Å². The van der Waals surface area contributed by atoms with Crippen molar-refractivity contribution in [3.8, 4) is 0 Å². The van der Waals surface area contributed by atoms with E-state index >= 15 is 0 Å². The molecule has 1 aliphatic heterocycles. The van der Waals surface area contributed by atoms with Crippen LogP contribution in [-0.2, 0) is 14.6 Å². The summed E-state index contributed by atoms with van der Waals surface area (Å²) in [5.74, 6) is 0.353. The molecule has 1 atom stereocenters. The van der Waals surface area contributed by atoms with E-state index in [1.165, 1.54) is 0 Å². The minimum Gasteiger partial charge on any atom is -0.501 e. The van der Waals surface area contributed by atoms with Crippen molar-refractivity contribution >= 4 is 9.84 Å². The molecule has 0 saturated carbocycles. The number of hydrogen-bond acceptors (Lipinski definition) is 3. The average molecular weight is 176 g/mol. The zero-order valence-electron chi connectivity index (χ0n) is 6.49. The van der Waals surface area contributed by atoms with Crippen LogP contribution >= 0.6 is 0 Å². The molecular formula is C7H12O3S. The largest absolute Gasteiger partial charge is 0.501 e. The Morgan fingerprint density at radius 2 is 2.27 bits per heavy atom. The summed E-state index contributed by atoms with van der Waals surface area (Å²) < 4.78 is 26.3. The summed E-state index contributed by atoms with van der Waals surface area (Å²) >= 11 is 0. The minimum absolute atomic E-state index is 0.118. The van der Waals surface area contributed by atoms with Crippen molar-refractivity contribution in [1.82, 2.24) is 0 Å². The molecule has 3 nitrogen and oxygen atoms in total. The molecule has 0 bridgehead atoms. The molecule has 0 spiro atoms. The van der Waals surface area contributed by atoms with Gasteiger partial charge in [0.2, 0.25) is 0 Å². The quantitative estimate of drug-likeness (QED) is 0.360. The van der Waals surface area contributed by atoms with Gasteiger partial charge in [0.05, 0.1) is 23.9 Å². The van der Waals surface area contributed by atoms with Gasteiger partial charge in [0.1, 0.15) is 0 Å². The minimum atomic E-state index is -2.65. The third kappa shape index (κ3) is 2.54. The van der Waals surface area contributed by atoms with Crippen molar-refractivity contribution < 1.29 is 13.2 Å². The van der Waals surface area contributed by atoms with Crippen LogP contribution in [0.2, 0.25) is 0 Å². The van der Waals surface area contributed by atoms with Crippen LogP contribution in [0.4, 0.5) is 0 Å². The normalized spacial score (nSPS) is 27.2. The van der Waals surface area contributed by atoms with Crippen molar-refractivity contribution in [2.45, 2.75) is 18.6 Å². The highest BCUT2D eigenvalue weighted by Crippen LogP contribution is 2.24. The number of ether oxygens (including phenoxy) is 1. The molecule has 1 heterocycles. The van der Waals surface area contributed by atoms with Crippen LogP contribution in [0, 0.1) is 0 Å². The number of sulfone groups is 1. The van der Waals surface area contributed by atoms with Gasteiger partial charge in [0.25, 0.3) is 0 Å². The van der Waals surface area contributed by atoms with Gasteiger partial charge in [-0.25, -0.2) is 8.42 Å². The van der Waals surface area contributed by atoms with Crippen LogP contribution in [0.5, 0.6) is 0 Å². The van der Waals surface area contributed by atoms with E-state index in [9.17, 15) is 8.42 Å². The van der Waals surface area contributed by atoms with Gasteiger partial charge >= 0.3 is 0 Å². The van der Waals surface area contributed by atoms with Gasteiger partial charge in [-0.05, 0) is 13.3 Å². The molecular weight excluding hydrogens is 164 g/mol. The summed E-state index contributed by atoms with van der Waals surface area (Å²) in [5.41, 5.74) is 0. The molecule has 1 rings (SSSR count). The Balaban J connectivity index is 2.07. The second kappa shape index (κ2) is 3.26. The lowest BCUT2D eigenvalue weighted by Crippen LogP contribution is -1.95. The maximum atomic E-state index is 10.7.